The molecule has 6 nitrogen and oxygen atoms in total. The summed E-state index contributed by atoms with van der Waals surface area (Å²) < 4.78 is 37.4. The predicted molar refractivity (Wildman–Crippen MR) is 81.2 cm³/mol. The Kier molecular flexibility index (Phi) is 4.23. The van der Waals surface area contributed by atoms with Crippen LogP contribution in [0.25, 0.3) is 0 Å². The summed E-state index contributed by atoms with van der Waals surface area (Å²) in [5.74, 6) is 0.669. The lowest BCUT2D eigenvalue weighted by Crippen LogP contribution is -2.14. The summed E-state index contributed by atoms with van der Waals surface area (Å²) in [4.78, 5) is 0.0586. The summed E-state index contributed by atoms with van der Waals surface area (Å²) in [6.45, 7) is 0. The van der Waals surface area contributed by atoms with Crippen molar-refractivity contribution in [2.75, 3.05) is 24.7 Å². The van der Waals surface area contributed by atoms with Crippen molar-refractivity contribution in [3.05, 3.63) is 42.5 Å². The zero-order valence-electron chi connectivity index (χ0n) is 11.7. The number of ether oxygens (including phenoxy) is 2. The number of para-hydroxylation sites is 1. The number of rotatable bonds is 5. The number of hydrogen-bond acceptors (Lipinski definition) is 5. The van der Waals surface area contributed by atoms with Gasteiger partial charge in [0.25, 0.3) is 10.0 Å². The molecular weight excluding hydrogens is 292 g/mol. The Hall–Kier alpha value is -2.41. The van der Waals surface area contributed by atoms with Crippen LogP contribution in [0.5, 0.6) is 11.5 Å². The van der Waals surface area contributed by atoms with Crippen molar-refractivity contribution in [1.29, 1.82) is 0 Å². The first-order valence-corrected chi connectivity index (χ1v) is 7.55. The van der Waals surface area contributed by atoms with Gasteiger partial charge in [0, 0.05) is 6.07 Å². The maximum atomic E-state index is 12.4. The molecule has 0 aliphatic carbocycles. The highest BCUT2D eigenvalue weighted by Gasteiger charge is 2.19. The van der Waals surface area contributed by atoms with Crippen molar-refractivity contribution in [1.82, 2.24) is 0 Å². The third-order valence-electron chi connectivity index (χ3n) is 2.84. The first-order valence-electron chi connectivity index (χ1n) is 6.07. The van der Waals surface area contributed by atoms with Gasteiger partial charge >= 0.3 is 0 Å². The van der Waals surface area contributed by atoms with Crippen LogP contribution in [0.4, 0.5) is 11.4 Å². The van der Waals surface area contributed by atoms with Crippen LogP contribution in [0.3, 0.4) is 0 Å². The maximum absolute atomic E-state index is 12.4. The van der Waals surface area contributed by atoms with Crippen LogP contribution in [-0.4, -0.2) is 22.6 Å². The Balaban J connectivity index is 2.37. The fraction of sp³-hybridized carbons (Fsp3) is 0.143. The molecule has 0 radical (unpaired) electrons. The van der Waals surface area contributed by atoms with Crippen molar-refractivity contribution >= 4 is 21.4 Å². The number of anilines is 2. The molecular formula is C14H16N2O4S. The minimum absolute atomic E-state index is 0.0586. The second-order valence-corrected chi connectivity index (χ2v) is 5.86. The quantitative estimate of drug-likeness (QED) is 0.825. The average Bonchev–Trinajstić information content (AvgIpc) is 2.49. The summed E-state index contributed by atoms with van der Waals surface area (Å²) in [7, 11) is -0.886. The minimum atomic E-state index is -3.77. The third kappa shape index (κ3) is 3.19. The largest absolute Gasteiger partial charge is 0.495 e. The number of nitrogen functional groups attached to an aromatic ring is 1. The number of nitrogens with one attached hydrogen (secondary N) is 1. The van der Waals surface area contributed by atoms with E-state index in [0.717, 1.165) is 0 Å². The van der Waals surface area contributed by atoms with E-state index in [-0.39, 0.29) is 10.6 Å². The van der Waals surface area contributed by atoms with Crippen LogP contribution in [-0.2, 0) is 10.0 Å². The Morgan fingerprint density at radius 3 is 2.33 bits per heavy atom. The van der Waals surface area contributed by atoms with Crippen molar-refractivity contribution in [3.8, 4) is 11.5 Å². The van der Waals surface area contributed by atoms with Crippen LogP contribution in [0.15, 0.2) is 47.4 Å². The van der Waals surface area contributed by atoms with Gasteiger partial charge < -0.3 is 15.2 Å². The molecule has 0 saturated carbocycles. The number of hydrogen-bond donors (Lipinski definition) is 2. The van der Waals surface area contributed by atoms with Crippen molar-refractivity contribution in [2.45, 2.75) is 4.90 Å². The van der Waals surface area contributed by atoms with Crippen LogP contribution in [0.2, 0.25) is 0 Å². The van der Waals surface area contributed by atoms with Crippen molar-refractivity contribution < 1.29 is 17.9 Å². The van der Waals surface area contributed by atoms with Crippen molar-refractivity contribution in [2.24, 2.45) is 0 Å². The smallest absolute Gasteiger partial charge is 0.265 e. The fourth-order valence-corrected chi connectivity index (χ4v) is 3.05. The highest BCUT2D eigenvalue weighted by molar-refractivity contribution is 7.92. The molecule has 2 aromatic rings. The number of methoxy groups -OCH3 is 2. The highest BCUT2D eigenvalue weighted by atomic mass is 32.2. The third-order valence-corrected chi connectivity index (χ3v) is 4.27. The number of benzene rings is 2. The summed E-state index contributed by atoms with van der Waals surface area (Å²) in [6.07, 6.45) is 0. The predicted octanol–water partition coefficient (Wildman–Crippen LogP) is 2.09. The normalized spacial score (nSPS) is 11.0. The van der Waals surface area contributed by atoms with E-state index in [4.69, 9.17) is 15.2 Å². The maximum Gasteiger partial charge on any atom is 0.265 e. The SMILES string of the molecule is COc1cc(NS(=O)(=O)c2ccccc2OC)ccc1N. The van der Waals surface area contributed by atoms with Crippen LogP contribution < -0.4 is 19.9 Å². The summed E-state index contributed by atoms with van der Waals surface area (Å²) >= 11 is 0. The van der Waals surface area contributed by atoms with E-state index >= 15 is 0 Å². The molecule has 0 aromatic heterocycles. The Bertz CT molecular complexity index is 744. The lowest BCUT2D eigenvalue weighted by Gasteiger charge is -2.12. The second-order valence-electron chi connectivity index (χ2n) is 4.21. The zero-order chi connectivity index (χ0) is 15.5. The molecule has 0 aliphatic heterocycles. The van der Waals surface area contributed by atoms with Gasteiger partial charge in [-0.15, -0.1) is 0 Å². The van der Waals surface area contributed by atoms with E-state index in [1.54, 1.807) is 30.3 Å². The molecule has 2 aromatic carbocycles. The molecule has 0 spiro atoms. The van der Waals surface area contributed by atoms with Gasteiger partial charge in [-0.1, -0.05) is 12.1 Å². The van der Waals surface area contributed by atoms with Crippen LogP contribution in [0.1, 0.15) is 0 Å². The summed E-state index contributed by atoms with van der Waals surface area (Å²) in [5.41, 5.74) is 6.48. The molecule has 0 bridgehead atoms. The molecule has 0 saturated heterocycles. The molecule has 0 aliphatic rings. The van der Waals surface area contributed by atoms with Gasteiger partial charge in [-0.2, -0.15) is 0 Å². The standard InChI is InChI=1S/C14H16N2O4S/c1-19-12-5-3-4-6-14(12)21(17,18)16-10-7-8-11(15)13(9-10)20-2/h3-9,16H,15H2,1-2H3. The van der Waals surface area contributed by atoms with E-state index < -0.39 is 10.0 Å². The van der Waals surface area contributed by atoms with E-state index in [1.165, 1.54) is 26.4 Å². The van der Waals surface area contributed by atoms with E-state index in [2.05, 4.69) is 4.72 Å². The Morgan fingerprint density at radius 2 is 1.67 bits per heavy atom. The first-order chi connectivity index (χ1) is 9.97. The topological polar surface area (TPSA) is 90.6 Å². The van der Waals surface area contributed by atoms with Crippen molar-refractivity contribution in [3.63, 3.8) is 0 Å². The zero-order valence-corrected chi connectivity index (χ0v) is 12.5. The van der Waals surface area contributed by atoms with Gasteiger partial charge in [-0.25, -0.2) is 8.42 Å². The van der Waals surface area contributed by atoms with Gasteiger partial charge in [-0.05, 0) is 24.3 Å². The summed E-state index contributed by atoms with van der Waals surface area (Å²) in [6, 6.07) is 11.0. The Labute approximate surface area is 123 Å². The molecule has 7 heteroatoms. The minimum Gasteiger partial charge on any atom is -0.495 e. The Morgan fingerprint density at radius 1 is 1.00 bits per heavy atom. The summed E-state index contributed by atoms with van der Waals surface area (Å²) in [5, 5.41) is 0. The lowest BCUT2D eigenvalue weighted by atomic mass is 10.2. The fourth-order valence-electron chi connectivity index (χ4n) is 1.83. The molecule has 0 heterocycles. The van der Waals surface area contributed by atoms with Gasteiger partial charge in [0.15, 0.2) is 0 Å². The molecule has 0 unspecified atom stereocenters. The van der Waals surface area contributed by atoms with E-state index in [1.807, 2.05) is 0 Å². The monoisotopic (exact) mass is 308 g/mol. The molecule has 0 amide bonds. The van der Waals surface area contributed by atoms with Gasteiger partial charge in [-0.3, -0.25) is 4.72 Å². The number of sulfonamides is 1. The van der Waals surface area contributed by atoms with Gasteiger partial charge in [0.05, 0.1) is 25.6 Å². The molecule has 2 rings (SSSR count). The molecule has 112 valence electrons. The van der Waals surface area contributed by atoms with Gasteiger partial charge in [0.1, 0.15) is 16.4 Å². The van der Waals surface area contributed by atoms with E-state index in [9.17, 15) is 8.42 Å². The lowest BCUT2D eigenvalue weighted by molar-refractivity contribution is 0.403. The second kappa shape index (κ2) is 5.92. The molecule has 21 heavy (non-hydrogen) atoms. The van der Waals surface area contributed by atoms with Gasteiger partial charge in [0.2, 0.25) is 0 Å². The average molecular weight is 308 g/mol. The number of nitrogens with two attached hydrogens (primary N) is 1. The highest BCUT2D eigenvalue weighted by Crippen LogP contribution is 2.29. The first kappa shape index (κ1) is 15.0. The van der Waals surface area contributed by atoms with Crippen LogP contribution in [0, 0.1) is 0 Å². The molecule has 3 N–H and O–H groups in total. The van der Waals surface area contributed by atoms with Crippen LogP contribution >= 0.6 is 0 Å². The van der Waals surface area contributed by atoms with E-state index in [0.29, 0.717) is 17.1 Å². The molecule has 0 atom stereocenters. The molecule has 0 fully saturated rings.